The molecule has 1 aromatic carbocycles. The predicted molar refractivity (Wildman–Crippen MR) is 98.9 cm³/mol. The van der Waals surface area contributed by atoms with E-state index in [-0.39, 0.29) is 23.5 Å². The summed E-state index contributed by atoms with van der Waals surface area (Å²) in [7, 11) is -3.07. The van der Waals surface area contributed by atoms with Crippen LogP contribution in [0.2, 0.25) is 5.02 Å². The summed E-state index contributed by atoms with van der Waals surface area (Å²) < 4.78 is 23.3. The molecular formula is C17H15ClN4O3S. The molecule has 1 aliphatic rings. The summed E-state index contributed by atoms with van der Waals surface area (Å²) in [6.07, 6.45) is 3.73. The zero-order valence-electron chi connectivity index (χ0n) is 13.6. The Bertz CT molecular complexity index is 1100. The predicted octanol–water partition coefficient (Wildman–Crippen LogP) is 2.20. The van der Waals surface area contributed by atoms with Gasteiger partial charge in [-0.1, -0.05) is 17.7 Å². The number of nitrogens with zero attached hydrogens (tertiary/aromatic N) is 2. The molecule has 1 amide bonds. The number of pyridine rings is 1. The van der Waals surface area contributed by atoms with Crippen LogP contribution in [0, 0.1) is 0 Å². The number of fused-ring (bicyclic) bond motifs is 1. The van der Waals surface area contributed by atoms with E-state index in [1.807, 2.05) is 0 Å². The van der Waals surface area contributed by atoms with Crippen molar-refractivity contribution in [1.29, 1.82) is 0 Å². The summed E-state index contributed by atoms with van der Waals surface area (Å²) in [6, 6.07) is 6.43. The second-order valence-electron chi connectivity index (χ2n) is 6.28. The normalized spacial score (nSPS) is 18.9. The molecule has 0 bridgehead atoms. The number of sulfone groups is 1. The third kappa shape index (κ3) is 3.30. The molecule has 2 N–H and O–H groups in total. The number of carbonyl (C=O) groups excluding carboxylic acids is 1. The van der Waals surface area contributed by atoms with E-state index in [0.717, 1.165) is 5.56 Å². The van der Waals surface area contributed by atoms with E-state index in [9.17, 15) is 13.2 Å². The number of H-pyrrole nitrogens is 1. The molecule has 0 aliphatic carbocycles. The number of hydrogen-bond acceptors (Lipinski definition) is 5. The summed E-state index contributed by atoms with van der Waals surface area (Å²) >= 11 is 6.07. The number of carbonyl (C=O) groups is 1. The third-order valence-corrected chi connectivity index (χ3v) is 6.38. The fourth-order valence-corrected chi connectivity index (χ4v) is 4.94. The standard InChI is InChI=1S/C17H15ClN4O3S/c18-11-1-2-13-14(17(23)21-12-3-4-26(24,25)9-12)6-15(22-16(13)5-11)10-7-19-20-8-10/h1-2,5-8,12H,3-4,9H2,(H,19,20)(H,21,23)/t12-/m1/s1. The van der Waals surface area contributed by atoms with Gasteiger partial charge >= 0.3 is 0 Å². The number of amides is 1. The Labute approximate surface area is 154 Å². The Morgan fingerprint density at radius 1 is 1.31 bits per heavy atom. The lowest BCUT2D eigenvalue weighted by molar-refractivity contribution is 0.0943. The van der Waals surface area contributed by atoms with Crippen molar-refractivity contribution >= 4 is 38.2 Å². The van der Waals surface area contributed by atoms with E-state index in [1.54, 1.807) is 36.7 Å². The molecule has 0 unspecified atom stereocenters. The molecule has 0 radical (unpaired) electrons. The molecule has 2 aromatic heterocycles. The van der Waals surface area contributed by atoms with Gasteiger partial charge < -0.3 is 5.32 Å². The fraction of sp³-hybridized carbons (Fsp3) is 0.235. The summed E-state index contributed by atoms with van der Waals surface area (Å²) in [5, 5.41) is 10.6. The second-order valence-corrected chi connectivity index (χ2v) is 8.94. The average molecular weight is 391 g/mol. The van der Waals surface area contributed by atoms with Gasteiger partial charge in [0.1, 0.15) is 0 Å². The number of aromatic nitrogens is 3. The first-order valence-electron chi connectivity index (χ1n) is 8.02. The van der Waals surface area contributed by atoms with Crippen molar-refractivity contribution in [2.24, 2.45) is 0 Å². The summed E-state index contributed by atoms with van der Waals surface area (Å²) in [5.41, 5.74) is 2.33. The van der Waals surface area contributed by atoms with Crippen molar-refractivity contribution in [2.75, 3.05) is 11.5 Å². The van der Waals surface area contributed by atoms with E-state index in [0.29, 0.717) is 33.6 Å². The number of aromatic amines is 1. The van der Waals surface area contributed by atoms with Gasteiger partial charge in [0.25, 0.3) is 5.91 Å². The Morgan fingerprint density at radius 2 is 2.15 bits per heavy atom. The van der Waals surface area contributed by atoms with Crippen LogP contribution in [0.1, 0.15) is 16.8 Å². The molecule has 4 rings (SSSR count). The quantitative estimate of drug-likeness (QED) is 0.713. The van der Waals surface area contributed by atoms with Crippen LogP contribution in [-0.2, 0) is 9.84 Å². The van der Waals surface area contributed by atoms with Gasteiger partial charge in [-0.15, -0.1) is 0 Å². The first kappa shape index (κ1) is 17.0. The molecule has 1 fully saturated rings. The molecule has 3 aromatic rings. The Morgan fingerprint density at radius 3 is 2.85 bits per heavy atom. The third-order valence-electron chi connectivity index (χ3n) is 4.38. The molecule has 3 heterocycles. The number of hydrogen-bond donors (Lipinski definition) is 2. The van der Waals surface area contributed by atoms with Gasteiger partial charge in [-0.3, -0.25) is 9.89 Å². The van der Waals surface area contributed by atoms with Crippen LogP contribution in [0.3, 0.4) is 0 Å². The van der Waals surface area contributed by atoms with Gasteiger partial charge in [0.05, 0.1) is 34.5 Å². The van der Waals surface area contributed by atoms with Gasteiger partial charge in [0.2, 0.25) is 0 Å². The Balaban J connectivity index is 1.76. The number of benzene rings is 1. The van der Waals surface area contributed by atoms with Crippen molar-refractivity contribution in [2.45, 2.75) is 12.5 Å². The van der Waals surface area contributed by atoms with Crippen molar-refractivity contribution in [3.63, 3.8) is 0 Å². The second kappa shape index (κ2) is 6.37. The van der Waals surface area contributed by atoms with Gasteiger partial charge in [-0.2, -0.15) is 5.10 Å². The molecule has 9 heteroatoms. The van der Waals surface area contributed by atoms with Crippen LogP contribution >= 0.6 is 11.6 Å². The van der Waals surface area contributed by atoms with Crippen molar-refractivity contribution < 1.29 is 13.2 Å². The minimum Gasteiger partial charge on any atom is -0.348 e. The summed E-state index contributed by atoms with van der Waals surface area (Å²) in [6.45, 7) is 0. The van der Waals surface area contributed by atoms with Gasteiger partial charge in [0, 0.05) is 28.2 Å². The molecule has 1 atom stereocenters. The van der Waals surface area contributed by atoms with Crippen LogP contribution in [0.15, 0.2) is 36.7 Å². The molecule has 0 saturated carbocycles. The summed E-state index contributed by atoms with van der Waals surface area (Å²) in [5.74, 6) is -0.251. The van der Waals surface area contributed by atoms with Gasteiger partial charge in [-0.05, 0) is 24.6 Å². The first-order chi connectivity index (χ1) is 12.4. The summed E-state index contributed by atoms with van der Waals surface area (Å²) in [4.78, 5) is 17.4. The minimum atomic E-state index is -3.07. The van der Waals surface area contributed by atoms with Crippen LogP contribution in [0.25, 0.3) is 22.2 Å². The lowest BCUT2D eigenvalue weighted by Gasteiger charge is -2.13. The lowest BCUT2D eigenvalue weighted by atomic mass is 10.0. The average Bonchev–Trinajstić information content (AvgIpc) is 3.23. The zero-order valence-corrected chi connectivity index (χ0v) is 15.1. The number of rotatable bonds is 3. The van der Waals surface area contributed by atoms with Crippen LogP contribution in [0.5, 0.6) is 0 Å². The molecule has 7 nitrogen and oxygen atoms in total. The molecule has 1 aliphatic heterocycles. The van der Waals surface area contributed by atoms with Crippen molar-refractivity contribution in [3.8, 4) is 11.3 Å². The van der Waals surface area contributed by atoms with Crippen molar-refractivity contribution in [3.05, 3.63) is 47.2 Å². The van der Waals surface area contributed by atoms with Crippen molar-refractivity contribution in [1.82, 2.24) is 20.5 Å². The highest BCUT2D eigenvalue weighted by Crippen LogP contribution is 2.27. The van der Waals surface area contributed by atoms with E-state index >= 15 is 0 Å². The Kier molecular flexibility index (Phi) is 4.16. The maximum absolute atomic E-state index is 12.8. The molecule has 0 spiro atoms. The molecule has 134 valence electrons. The lowest BCUT2D eigenvalue weighted by Crippen LogP contribution is -2.35. The molecule has 1 saturated heterocycles. The largest absolute Gasteiger partial charge is 0.348 e. The minimum absolute atomic E-state index is 0.0256. The van der Waals surface area contributed by atoms with Crippen LogP contribution in [-0.4, -0.2) is 47.1 Å². The van der Waals surface area contributed by atoms with Crippen LogP contribution < -0.4 is 5.32 Å². The first-order valence-corrected chi connectivity index (χ1v) is 10.2. The topological polar surface area (TPSA) is 105 Å². The Hall–Kier alpha value is -2.45. The zero-order chi connectivity index (χ0) is 18.3. The SMILES string of the molecule is O=C(N[C@@H]1CCS(=O)(=O)C1)c1cc(-c2cn[nH]c2)nc2cc(Cl)ccc12. The van der Waals surface area contributed by atoms with E-state index < -0.39 is 9.84 Å². The van der Waals surface area contributed by atoms with Gasteiger partial charge in [0.15, 0.2) is 9.84 Å². The maximum atomic E-state index is 12.8. The monoisotopic (exact) mass is 390 g/mol. The highest BCUT2D eigenvalue weighted by atomic mass is 35.5. The van der Waals surface area contributed by atoms with Gasteiger partial charge in [-0.25, -0.2) is 13.4 Å². The molecule has 26 heavy (non-hydrogen) atoms. The van der Waals surface area contributed by atoms with E-state index in [2.05, 4.69) is 20.5 Å². The molecular weight excluding hydrogens is 376 g/mol. The maximum Gasteiger partial charge on any atom is 0.252 e. The number of nitrogens with one attached hydrogen (secondary N) is 2. The highest BCUT2D eigenvalue weighted by Gasteiger charge is 2.29. The fourth-order valence-electron chi connectivity index (χ4n) is 3.10. The van der Waals surface area contributed by atoms with E-state index in [1.165, 1.54) is 0 Å². The van der Waals surface area contributed by atoms with Crippen LogP contribution in [0.4, 0.5) is 0 Å². The smallest absolute Gasteiger partial charge is 0.252 e. The number of halogens is 1. The van der Waals surface area contributed by atoms with E-state index in [4.69, 9.17) is 11.6 Å². The highest BCUT2D eigenvalue weighted by molar-refractivity contribution is 7.91.